The maximum absolute atomic E-state index is 12.6. The summed E-state index contributed by atoms with van der Waals surface area (Å²) in [4.78, 5) is 24.2. The highest BCUT2D eigenvalue weighted by Gasteiger charge is 2.38. The van der Waals surface area contributed by atoms with Crippen LogP contribution in [0.3, 0.4) is 0 Å². The van der Waals surface area contributed by atoms with Crippen LogP contribution in [0.15, 0.2) is 18.2 Å². The summed E-state index contributed by atoms with van der Waals surface area (Å²) < 4.78 is 5.02. The number of methoxy groups -OCH3 is 1. The molecule has 1 aromatic heterocycles. The molecule has 2 fully saturated rings. The third-order valence-electron chi connectivity index (χ3n) is 6.43. The fraction of sp³-hybridized carbons (Fsp3) is 0.500. The first-order chi connectivity index (χ1) is 13.9. The number of rotatable bonds is 3. The van der Waals surface area contributed by atoms with Crippen molar-refractivity contribution < 1.29 is 9.53 Å². The quantitative estimate of drug-likeness (QED) is 0.580. The lowest BCUT2D eigenvalue weighted by Crippen LogP contribution is -2.40. The van der Waals surface area contributed by atoms with Crippen molar-refractivity contribution in [1.82, 2.24) is 9.97 Å². The Morgan fingerprint density at radius 3 is 2.45 bits per heavy atom. The van der Waals surface area contributed by atoms with Gasteiger partial charge in [0, 0.05) is 18.7 Å². The Hall–Kier alpha value is -1.85. The normalized spacial score (nSPS) is 18.3. The number of aryl methyl sites for hydroxylation is 1. The fourth-order valence-corrected chi connectivity index (χ4v) is 5.11. The van der Waals surface area contributed by atoms with Gasteiger partial charge in [0.25, 0.3) is 0 Å². The molecule has 0 amide bonds. The number of piperidine rings is 1. The van der Waals surface area contributed by atoms with E-state index in [1.807, 2.05) is 19.1 Å². The van der Waals surface area contributed by atoms with Crippen molar-refractivity contribution in [3.05, 3.63) is 39.6 Å². The molecular weight excluding hydrogens is 409 g/mol. The third-order valence-corrected chi connectivity index (χ3v) is 7.24. The van der Waals surface area contributed by atoms with E-state index in [0.717, 1.165) is 25.9 Å². The second-order valence-corrected chi connectivity index (χ2v) is 8.90. The van der Waals surface area contributed by atoms with E-state index in [1.165, 1.54) is 32.8 Å². The molecule has 154 valence electrons. The number of anilines is 1. The molecule has 0 unspecified atom stereocenters. The zero-order chi connectivity index (χ0) is 20.6. The van der Waals surface area contributed by atoms with Crippen molar-refractivity contribution in [3.8, 4) is 11.3 Å². The molecule has 1 saturated carbocycles. The molecule has 2 aliphatic rings. The second kappa shape index (κ2) is 8.11. The summed E-state index contributed by atoms with van der Waals surface area (Å²) in [6, 6.07) is 5.36. The van der Waals surface area contributed by atoms with Gasteiger partial charge < -0.3 is 9.64 Å². The van der Waals surface area contributed by atoms with Crippen molar-refractivity contribution in [1.29, 1.82) is 0 Å². The minimum Gasteiger partial charge on any atom is -0.464 e. The molecule has 1 aliphatic carbocycles. The van der Waals surface area contributed by atoms with Crippen LogP contribution in [0.1, 0.15) is 54.7 Å². The third kappa shape index (κ3) is 3.82. The minimum atomic E-state index is -0.493. The van der Waals surface area contributed by atoms with Crippen LogP contribution < -0.4 is 4.90 Å². The van der Waals surface area contributed by atoms with Gasteiger partial charge in [-0.1, -0.05) is 48.2 Å². The summed E-state index contributed by atoms with van der Waals surface area (Å²) >= 11 is 12.6. The first kappa shape index (κ1) is 20.4. The Morgan fingerprint density at radius 1 is 1.10 bits per heavy atom. The van der Waals surface area contributed by atoms with Gasteiger partial charge in [0.15, 0.2) is 11.5 Å². The van der Waals surface area contributed by atoms with Gasteiger partial charge in [-0.25, -0.2) is 14.8 Å². The van der Waals surface area contributed by atoms with E-state index in [0.29, 0.717) is 38.2 Å². The Morgan fingerprint density at radius 2 is 1.79 bits per heavy atom. The zero-order valence-electron chi connectivity index (χ0n) is 16.8. The van der Waals surface area contributed by atoms with Crippen LogP contribution in [0.4, 0.5) is 5.82 Å². The molecule has 1 saturated heterocycles. The van der Waals surface area contributed by atoms with Gasteiger partial charge in [-0.3, -0.25) is 0 Å². The van der Waals surface area contributed by atoms with Crippen LogP contribution in [-0.4, -0.2) is 36.1 Å². The number of nitrogens with zero attached hydrogens (tertiary/aromatic N) is 3. The number of ether oxygens (including phenoxy) is 1. The van der Waals surface area contributed by atoms with Gasteiger partial charge in [0.05, 0.1) is 28.5 Å². The summed E-state index contributed by atoms with van der Waals surface area (Å²) in [5.74, 6) is 0.108. The van der Waals surface area contributed by atoms with E-state index in [4.69, 9.17) is 32.9 Å². The average Bonchev–Trinajstić information content (AvgIpc) is 3.18. The molecule has 7 heteroatoms. The van der Waals surface area contributed by atoms with E-state index in [1.54, 1.807) is 6.07 Å². The summed E-state index contributed by atoms with van der Waals surface area (Å²) in [6.45, 7) is 3.65. The molecule has 5 nitrogen and oxygen atoms in total. The first-order valence-electron chi connectivity index (χ1n) is 10.1. The van der Waals surface area contributed by atoms with Crippen LogP contribution in [0.5, 0.6) is 0 Å². The minimum absolute atomic E-state index is 0.228. The molecule has 4 rings (SSSR count). The molecule has 1 spiro atoms. The van der Waals surface area contributed by atoms with Crippen molar-refractivity contribution in [2.75, 3.05) is 25.1 Å². The lowest BCUT2D eigenvalue weighted by molar-refractivity contribution is 0.0594. The molecule has 2 heterocycles. The largest absolute Gasteiger partial charge is 0.464 e. The SMILES string of the molecule is COC(=O)c1nc(-c2cccc(Cl)c2Cl)c(C)nc1N1CCC2(CCCC2)CC1. The Labute approximate surface area is 181 Å². The predicted molar refractivity (Wildman–Crippen MR) is 116 cm³/mol. The zero-order valence-corrected chi connectivity index (χ0v) is 18.3. The van der Waals surface area contributed by atoms with Gasteiger partial charge >= 0.3 is 5.97 Å². The van der Waals surface area contributed by atoms with E-state index >= 15 is 0 Å². The number of hydrogen-bond acceptors (Lipinski definition) is 5. The van der Waals surface area contributed by atoms with Gasteiger partial charge in [0.1, 0.15) is 0 Å². The maximum atomic E-state index is 12.6. The molecule has 29 heavy (non-hydrogen) atoms. The number of halogens is 2. The molecule has 0 bridgehead atoms. The molecule has 1 aromatic carbocycles. The number of benzene rings is 1. The summed E-state index contributed by atoms with van der Waals surface area (Å²) in [7, 11) is 1.36. The Bertz CT molecular complexity index is 932. The monoisotopic (exact) mass is 433 g/mol. The predicted octanol–water partition coefficient (Wildman–Crippen LogP) is 5.71. The van der Waals surface area contributed by atoms with Crippen molar-refractivity contribution in [3.63, 3.8) is 0 Å². The molecule has 2 aromatic rings. The number of esters is 1. The first-order valence-corrected chi connectivity index (χ1v) is 10.9. The van der Waals surface area contributed by atoms with Gasteiger partial charge in [0.2, 0.25) is 0 Å². The number of carbonyl (C=O) groups is 1. The fourth-order valence-electron chi connectivity index (χ4n) is 4.72. The van der Waals surface area contributed by atoms with Crippen LogP contribution in [0.2, 0.25) is 10.0 Å². The standard InChI is InChI=1S/C22H25Cl2N3O2/c1-14-18(15-6-5-7-16(23)17(15)24)26-19(21(28)29-2)20(25-14)27-12-10-22(11-13-27)8-3-4-9-22/h5-7H,3-4,8-13H2,1-2H3. The molecule has 0 radical (unpaired) electrons. The van der Waals surface area contributed by atoms with Gasteiger partial charge in [-0.05, 0) is 44.1 Å². The van der Waals surface area contributed by atoms with E-state index in [2.05, 4.69) is 9.88 Å². The van der Waals surface area contributed by atoms with Crippen molar-refractivity contribution in [2.45, 2.75) is 45.4 Å². The Balaban J connectivity index is 1.72. The average molecular weight is 434 g/mol. The summed E-state index contributed by atoms with van der Waals surface area (Å²) in [6.07, 6.45) is 7.58. The molecular formula is C22H25Cl2N3O2. The topological polar surface area (TPSA) is 55.3 Å². The van der Waals surface area contributed by atoms with Gasteiger partial charge in [-0.15, -0.1) is 0 Å². The van der Waals surface area contributed by atoms with Crippen molar-refractivity contribution in [2.24, 2.45) is 5.41 Å². The van der Waals surface area contributed by atoms with Crippen LogP contribution in [0.25, 0.3) is 11.3 Å². The van der Waals surface area contributed by atoms with Crippen LogP contribution in [0, 0.1) is 12.3 Å². The number of carbonyl (C=O) groups excluding carboxylic acids is 1. The van der Waals surface area contributed by atoms with E-state index < -0.39 is 5.97 Å². The molecule has 0 N–H and O–H groups in total. The second-order valence-electron chi connectivity index (χ2n) is 8.12. The highest BCUT2D eigenvalue weighted by molar-refractivity contribution is 6.43. The lowest BCUT2D eigenvalue weighted by Gasteiger charge is -2.40. The number of hydrogen-bond donors (Lipinski definition) is 0. The van der Waals surface area contributed by atoms with Crippen LogP contribution in [-0.2, 0) is 4.74 Å². The van der Waals surface area contributed by atoms with E-state index in [9.17, 15) is 4.79 Å². The van der Waals surface area contributed by atoms with Crippen LogP contribution >= 0.6 is 23.2 Å². The van der Waals surface area contributed by atoms with Gasteiger partial charge in [-0.2, -0.15) is 0 Å². The Kier molecular flexibility index (Phi) is 5.71. The number of aromatic nitrogens is 2. The molecule has 0 atom stereocenters. The summed E-state index contributed by atoms with van der Waals surface area (Å²) in [5.41, 5.74) is 2.62. The smallest absolute Gasteiger partial charge is 0.360 e. The summed E-state index contributed by atoms with van der Waals surface area (Å²) in [5, 5.41) is 0.836. The lowest BCUT2D eigenvalue weighted by atomic mass is 9.77. The highest BCUT2D eigenvalue weighted by atomic mass is 35.5. The molecule has 1 aliphatic heterocycles. The maximum Gasteiger partial charge on any atom is 0.360 e. The van der Waals surface area contributed by atoms with Crippen molar-refractivity contribution >= 4 is 35.0 Å². The highest BCUT2D eigenvalue weighted by Crippen LogP contribution is 2.47. The van der Waals surface area contributed by atoms with E-state index in [-0.39, 0.29) is 5.69 Å².